The zero-order valence-electron chi connectivity index (χ0n) is 10.9. The van der Waals surface area contributed by atoms with E-state index in [2.05, 4.69) is 5.32 Å². The van der Waals surface area contributed by atoms with Gasteiger partial charge in [-0.15, -0.1) is 0 Å². The molecule has 4 N–H and O–H groups in total. The third kappa shape index (κ3) is 4.45. The number of hydrogen-bond acceptors (Lipinski definition) is 3. The van der Waals surface area contributed by atoms with Crippen molar-refractivity contribution in [1.29, 1.82) is 0 Å². The number of aliphatic hydroxyl groups excluding tert-OH is 1. The van der Waals surface area contributed by atoms with Gasteiger partial charge in [-0.3, -0.25) is 4.79 Å². The lowest BCUT2D eigenvalue weighted by atomic mass is 10.0. The molecule has 0 aromatic heterocycles. The van der Waals surface area contributed by atoms with E-state index in [1.165, 1.54) is 12.1 Å². The van der Waals surface area contributed by atoms with Crippen molar-refractivity contribution in [3.63, 3.8) is 0 Å². The van der Waals surface area contributed by atoms with E-state index in [1.807, 2.05) is 13.8 Å². The summed E-state index contributed by atoms with van der Waals surface area (Å²) < 4.78 is 13.2. The summed E-state index contributed by atoms with van der Waals surface area (Å²) in [5, 5.41) is 12.4. The van der Waals surface area contributed by atoms with Crippen molar-refractivity contribution in [2.45, 2.75) is 26.0 Å². The lowest BCUT2D eigenvalue weighted by molar-refractivity contribution is -0.123. The van der Waals surface area contributed by atoms with Crippen LogP contribution < -0.4 is 11.1 Å². The van der Waals surface area contributed by atoms with Gasteiger partial charge in [0.1, 0.15) is 5.82 Å². The molecule has 6 heteroatoms. The molecule has 0 radical (unpaired) electrons. The van der Waals surface area contributed by atoms with Gasteiger partial charge in [0.25, 0.3) is 0 Å². The Kier molecular flexibility index (Phi) is 5.72. The molecule has 0 aliphatic carbocycles. The van der Waals surface area contributed by atoms with E-state index < -0.39 is 18.0 Å². The van der Waals surface area contributed by atoms with E-state index in [9.17, 15) is 14.3 Å². The second-order valence-corrected chi connectivity index (χ2v) is 5.11. The number of amides is 1. The number of carbonyl (C=O) groups excluding carboxylic acids is 1. The molecule has 0 heterocycles. The molecule has 1 aromatic rings. The Morgan fingerprint density at radius 2 is 2.16 bits per heavy atom. The summed E-state index contributed by atoms with van der Waals surface area (Å²) in [5.41, 5.74) is 6.01. The van der Waals surface area contributed by atoms with E-state index in [0.29, 0.717) is 5.56 Å². The van der Waals surface area contributed by atoms with Crippen molar-refractivity contribution in [3.8, 4) is 0 Å². The van der Waals surface area contributed by atoms with Gasteiger partial charge in [-0.25, -0.2) is 4.39 Å². The topological polar surface area (TPSA) is 75.4 Å². The smallest absolute Gasteiger partial charge is 0.237 e. The first-order valence-electron chi connectivity index (χ1n) is 5.99. The highest BCUT2D eigenvalue weighted by atomic mass is 35.5. The van der Waals surface area contributed by atoms with Gasteiger partial charge in [-0.05, 0) is 23.6 Å². The molecule has 19 heavy (non-hydrogen) atoms. The zero-order valence-corrected chi connectivity index (χ0v) is 11.6. The second kappa shape index (κ2) is 6.84. The summed E-state index contributed by atoms with van der Waals surface area (Å²) in [4.78, 5) is 11.6. The number of halogens is 2. The van der Waals surface area contributed by atoms with Gasteiger partial charge in [0.15, 0.2) is 0 Å². The Labute approximate surface area is 116 Å². The highest BCUT2D eigenvalue weighted by Crippen LogP contribution is 2.19. The molecule has 4 nitrogen and oxygen atoms in total. The summed E-state index contributed by atoms with van der Waals surface area (Å²) in [6.07, 6.45) is -1.00. The molecule has 0 fully saturated rings. The predicted molar refractivity (Wildman–Crippen MR) is 72.2 cm³/mol. The molecule has 0 saturated carbocycles. The average Bonchev–Trinajstić information content (AvgIpc) is 2.37. The van der Waals surface area contributed by atoms with Crippen LogP contribution in [0.3, 0.4) is 0 Å². The molecule has 0 aliphatic rings. The van der Waals surface area contributed by atoms with Crippen LogP contribution in [0.25, 0.3) is 0 Å². The third-order valence-electron chi connectivity index (χ3n) is 2.82. The number of carbonyl (C=O) groups is 1. The third-order valence-corrected chi connectivity index (χ3v) is 3.13. The van der Waals surface area contributed by atoms with Gasteiger partial charge >= 0.3 is 0 Å². The molecule has 0 bridgehead atoms. The molecular formula is C13H18ClFN2O2. The van der Waals surface area contributed by atoms with Crippen LogP contribution in [0.1, 0.15) is 25.5 Å². The highest BCUT2D eigenvalue weighted by Gasteiger charge is 2.18. The van der Waals surface area contributed by atoms with Gasteiger partial charge in [0.2, 0.25) is 5.91 Å². The monoisotopic (exact) mass is 288 g/mol. The molecule has 0 saturated heterocycles. The fourth-order valence-corrected chi connectivity index (χ4v) is 1.57. The molecule has 0 aliphatic heterocycles. The van der Waals surface area contributed by atoms with Gasteiger partial charge in [-0.1, -0.05) is 31.5 Å². The van der Waals surface area contributed by atoms with Crippen LogP contribution in [0.4, 0.5) is 4.39 Å². The van der Waals surface area contributed by atoms with Gasteiger partial charge < -0.3 is 16.2 Å². The number of nitrogens with one attached hydrogen (secondary N) is 1. The van der Waals surface area contributed by atoms with Crippen LogP contribution in [-0.2, 0) is 4.79 Å². The first-order chi connectivity index (χ1) is 8.82. The Hall–Kier alpha value is -1.17. The Balaban J connectivity index is 2.58. The first-order valence-corrected chi connectivity index (χ1v) is 6.37. The van der Waals surface area contributed by atoms with Crippen LogP contribution in [0.15, 0.2) is 18.2 Å². The molecule has 1 rings (SSSR count). The molecule has 0 spiro atoms. The van der Waals surface area contributed by atoms with Crippen molar-refractivity contribution in [1.82, 2.24) is 5.32 Å². The van der Waals surface area contributed by atoms with Crippen molar-refractivity contribution in [2.75, 3.05) is 6.54 Å². The van der Waals surface area contributed by atoms with Gasteiger partial charge in [-0.2, -0.15) is 0 Å². The predicted octanol–water partition coefficient (Wildman–Crippen LogP) is 1.61. The van der Waals surface area contributed by atoms with Crippen molar-refractivity contribution < 1.29 is 14.3 Å². The number of benzene rings is 1. The average molecular weight is 289 g/mol. The number of aliphatic hydroxyl groups is 1. The molecule has 1 aromatic carbocycles. The van der Waals surface area contributed by atoms with E-state index in [4.69, 9.17) is 17.3 Å². The minimum absolute atomic E-state index is 0.00474. The Morgan fingerprint density at radius 1 is 1.53 bits per heavy atom. The lowest BCUT2D eigenvalue weighted by Crippen LogP contribution is -2.45. The molecule has 2 atom stereocenters. The summed E-state index contributed by atoms with van der Waals surface area (Å²) in [5.74, 6) is -0.947. The van der Waals surface area contributed by atoms with Gasteiger partial charge in [0, 0.05) is 6.54 Å². The molecule has 106 valence electrons. The van der Waals surface area contributed by atoms with Crippen LogP contribution in [0, 0.1) is 11.7 Å². The van der Waals surface area contributed by atoms with E-state index in [0.717, 1.165) is 6.07 Å². The minimum Gasteiger partial charge on any atom is -0.387 e. The Bertz CT molecular complexity index is 454. The highest BCUT2D eigenvalue weighted by molar-refractivity contribution is 6.30. The normalized spacial score (nSPS) is 14.3. The van der Waals surface area contributed by atoms with Crippen LogP contribution in [0.2, 0.25) is 5.02 Å². The molecule has 1 unspecified atom stereocenters. The van der Waals surface area contributed by atoms with E-state index >= 15 is 0 Å². The van der Waals surface area contributed by atoms with Crippen LogP contribution in [-0.4, -0.2) is 23.6 Å². The standard InChI is InChI=1S/C13H18ClFN2O2/c1-7(2)12(16)13(19)17-6-11(18)8-3-4-9(14)10(15)5-8/h3-5,7,11-12,18H,6,16H2,1-2H3,(H,17,19)/t11?,12-/m0/s1. The van der Waals surface area contributed by atoms with Crippen molar-refractivity contribution in [2.24, 2.45) is 11.7 Å². The zero-order chi connectivity index (χ0) is 14.6. The number of nitrogens with two attached hydrogens (primary N) is 1. The van der Waals surface area contributed by atoms with E-state index in [-0.39, 0.29) is 23.4 Å². The number of hydrogen-bond donors (Lipinski definition) is 3. The van der Waals surface area contributed by atoms with Crippen molar-refractivity contribution >= 4 is 17.5 Å². The maximum Gasteiger partial charge on any atom is 0.237 e. The van der Waals surface area contributed by atoms with E-state index in [1.54, 1.807) is 0 Å². The summed E-state index contributed by atoms with van der Waals surface area (Å²) in [6.45, 7) is 3.63. The van der Waals surface area contributed by atoms with Crippen LogP contribution >= 0.6 is 11.6 Å². The number of rotatable bonds is 5. The quantitative estimate of drug-likeness (QED) is 0.770. The second-order valence-electron chi connectivity index (χ2n) is 4.70. The van der Waals surface area contributed by atoms with Crippen LogP contribution in [0.5, 0.6) is 0 Å². The van der Waals surface area contributed by atoms with Gasteiger partial charge in [0.05, 0.1) is 17.2 Å². The fraction of sp³-hybridized carbons (Fsp3) is 0.462. The maximum absolute atomic E-state index is 13.2. The van der Waals surface area contributed by atoms with Crippen molar-refractivity contribution in [3.05, 3.63) is 34.6 Å². The minimum atomic E-state index is -1.00. The fourth-order valence-electron chi connectivity index (χ4n) is 1.46. The Morgan fingerprint density at radius 3 is 2.68 bits per heavy atom. The summed E-state index contributed by atoms with van der Waals surface area (Å²) in [7, 11) is 0. The SMILES string of the molecule is CC(C)[C@H](N)C(=O)NCC(O)c1ccc(Cl)c(F)c1. The largest absolute Gasteiger partial charge is 0.387 e. The maximum atomic E-state index is 13.2. The molecule has 1 amide bonds. The summed E-state index contributed by atoms with van der Waals surface area (Å²) in [6, 6.07) is 3.37. The summed E-state index contributed by atoms with van der Waals surface area (Å²) >= 11 is 5.55. The lowest BCUT2D eigenvalue weighted by Gasteiger charge is -2.17. The molecular weight excluding hydrogens is 271 g/mol. The first kappa shape index (κ1) is 15.9.